The SMILES string of the molecule is CCCCN1C(=O)C(=O)N(Cc2ccc3ccccc3c2)C1=O. The Hall–Kier alpha value is -2.69. The van der Waals surface area contributed by atoms with Crippen LogP contribution in [0.3, 0.4) is 0 Å². The van der Waals surface area contributed by atoms with Crippen LogP contribution in [0.2, 0.25) is 0 Å². The van der Waals surface area contributed by atoms with Gasteiger partial charge in [0.05, 0.1) is 6.54 Å². The van der Waals surface area contributed by atoms with E-state index in [0.717, 1.165) is 32.6 Å². The minimum atomic E-state index is -0.737. The Bertz CT molecular complexity index is 785. The summed E-state index contributed by atoms with van der Waals surface area (Å²) in [4.78, 5) is 38.4. The molecule has 0 N–H and O–H groups in total. The number of hydrogen-bond acceptors (Lipinski definition) is 3. The molecule has 0 atom stereocenters. The third-order valence-corrected chi connectivity index (χ3v) is 4.02. The van der Waals surface area contributed by atoms with Crippen LogP contribution in [0.5, 0.6) is 0 Å². The fourth-order valence-electron chi connectivity index (χ4n) is 2.72. The van der Waals surface area contributed by atoms with Gasteiger partial charge in [-0.2, -0.15) is 0 Å². The van der Waals surface area contributed by atoms with Crippen molar-refractivity contribution in [3.63, 3.8) is 0 Å². The summed E-state index contributed by atoms with van der Waals surface area (Å²) < 4.78 is 0. The lowest BCUT2D eigenvalue weighted by Gasteiger charge is -2.15. The number of hydrogen-bond donors (Lipinski definition) is 0. The molecule has 1 saturated heterocycles. The van der Waals surface area contributed by atoms with E-state index in [1.54, 1.807) is 0 Å². The highest BCUT2D eigenvalue weighted by atomic mass is 16.2. The summed E-state index contributed by atoms with van der Waals surface area (Å²) in [7, 11) is 0. The number of amides is 4. The van der Waals surface area contributed by atoms with E-state index in [2.05, 4.69) is 0 Å². The van der Waals surface area contributed by atoms with Gasteiger partial charge in [-0.05, 0) is 28.8 Å². The molecule has 4 amide bonds. The zero-order valence-electron chi connectivity index (χ0n) is 13.0. The molecule has 0 aromatic heterocycles. The first-order chi connectivity index (χ1) is 11.1. The molecule has 0 spiro atoms. The van der Waals surface area contributed by atoms with Gasteiger partial charge in [-0.3, -0.25) is 19.4 Å². The van der Waals surface area contributed by atoms with Crippen LogP contribution in [0.25, 0.3) is 10.8 Å². The largest absolute Gasteiger partial charge is 0.334 e. The maximum atomic E-state index is 12.3. The van der Waals surface area contributed by atoms with Crippen molar-refractivity contribution >= 4 is 28.6 Å². The molecule has 2 aromatic rings. The van der Waals surface area contributed by atoms with Crippen molar-refractivity contribution in [3.05, 3.63) is 48.0 Å². The second kappa shape index (κ2) is 6.20. The molecule has 0 unspecified atom stereocenters. The molecule has 0 saturated carbocycles. The van der Waals surface area contributed by atoms with Gasteiger partial charge in [0.25, 0.3) is 0 Å². The van der Waals surface area contributed by atoms with Gasteiger partial charge in [0.2, 0.25) is 0 Å². The van der Waals surface area contributed by atoms with Crippen LogP contribution in [-0.2, 0) is 16.1 Å². The fourth-order valence-corrected chi connectivity index (χ4v) is 2.72. The number of carbonyl (C=O) groups is 3. The molecule has 0 aliphatic carbocycles. The van der Waals surface area contributed by atoms with Crippen LogP contribution >= 0.6 is 0 Å². The summed E-state index contributed by atoms with van der Waals surface area (Å²) in [5, 5.41) is 2.13. The molecule has 0 bridgehead atoms. The van der Waals surface area contributed by atoms with Crippen LogP contribution in [-0.4, -0.2) is 34.2 Å². The summed E-state index contributed by atoms with van der Waals surface area (Å²) in [6.07, 6.45) is 1.56. The van der Waals surface area contributed by atoms with Crippen molar-refractivity contribution < 1.29 is 14.4 Å². The van der Waals surface area contributed by atoms with E-state index in [-0.39, 0.29) is 6.54 Å². The standard InChI is InChI=1S/C18H18N2O3/c1-2-3-10-19-16(21)17(22)20(18(19)23)12-13-8-9-14-6-4-5-7-15(14)11-13/h4-9,11H,2-3,10,12H2,1H3. The first-order valence-electron chi connectivity index (χ1n) is 7.77. The van der Waals surface area contributed by atoms with Crippen LogP contribution in [0, 0.1) is 0 Å². The molecular weight excluding hydrogens is 292 g/mol. The second-order valence-electron chi connectivity index (χ2n) is 5.67. The quantitative estimate of drug-likeness (QED) is 0.630. The molecule has 1 heterocycles. The summed E-state index contributed by atoms with van der Waals surface area (Å²) >= 11 is 0. The molecule has 0 radical (unpaired) electrons. The first kappa shape index (κ1) is 15.2. The maximum Gasteiger partial charge on any atom is 0.334 e. The Morgan fingerprint density at radius 3 is 2.30 bits per heavy atom. The highest BCUT2D eigenvalue weighted by Gasteiger charge is 2.43. The lowest BCUT2D eigenvalue weighted by Crippen LogP contribution is -2.33. The minimum absolute atomic E-state index is 0.122. The van der Waals surface area contributed by atoms with Gasteiger partial charge in [-0.25, -0.2) is 4.79 Å². The smallest absolute Gasteiger partial charge is 0.263 e. The number of benzene rings is 2. The second-order valence-corrected chi connectivity index (χ2v) is 5.67. The Balaban J connectivity index is 1.82. The number of urea groups is 1. The van der Waals surface area contributed by atoms with Gasteiger partial charge in [0, 0.05) is 6.54 Å². The first-order valence-corrected chi connectivity index (χ1v) is 7.77. The number of unbranched alkanes of at least 4 members (excludes halogenated alkanes) is 1. The summed E-state index contributed by atoms with van der Waals surface area (Å²) in [6, 6.07) is 13.1. The van der Waals surface area contributed by atoms with E-state index < -0.39 is 17.8 Å². The minimum Gasteiger partial charge on any atom is -0.263 e. The molecule has 1 fully saturated rings. The van der Waals surface area contributed by atoms with Gasteiger partial charge in [-0.1, -0.05) is 49.7 Å². The molecule has 23 heavy (non-hydrogen) atoms. The average Bonchev–Trinajstić information content (AvgIpc) is 2.77. The van der Waals surface area contributed by atoms with Gasteiger partial charge in [-0.15, -0.1) is 0 Å². The Labute approximate surface area is 134 Å². The summed E-state index contributed by atoms with van der Waals surface area (Å²) in [5.41, 5.74) is 0.829. The highest BCUT2D eigenvalue weighted by Crippen LogP contribution is 2.20. The van der Waals surface area contributed by atoms with Crippen molar-refractivity contribution in [2.75, 3.05) is 6.54 Å². The van der Waals surface area contributed by atoms with E-state index in [1.807, 2.05) is 49.4 Å². The number of imide groups is 2. The van der Waals surface area contributed by atoms with Crippen molar-refractivity contribution in [2.45, 2.75) is 26.3 Å². The summed E-state index contributed by atoms with van der Waals surface area (Å²) in [5.74, 6) is -1.46. The van der Waals surface area contributed by atoms with Gasteiger partial charge >= 0.3 is 17.8 Å². The molecule has 118 valence electrons. The van der Waals surface area contributed by atoms with E-state index in [0.29, 0.717) is 13.0 Å². The van der Waals surface area contributed by atoms with E-state index in [4.69, 9.17) is 0 Å². The Morgan fingerprint density at radius 2 is 1.57 bits per heavy atom. The molecule has 2 aromatic carbocycles. The van der Waals surface area contributed by atoms with Crippen LogP contribution in [0.4, 0.5) is 4.79 Å². The predicted octanol–water partition coefficient (Wildman–Crippen LogP) is 2.93. The van der Waals surface area contributed by atoms with Gasteiger partial charge < -0.3 is 0 Å². The normalized spacial score (nSPS) is 15.1. The number of rotatable bonds is 5. The van der Waals surface area contributed by atoms with E-state index in [1.165, 1.54) is 0 Å². The molecule has 1 aliphatic rings. The molecule has 5 heteroatoms. The summed E-state index contributed by atoms with van der Waals surface area (Å²) in [6.45, 7) is 2.39. The van der Waals surface area contributed by atoms with E-state index in [9.17, 15) is 14.4 Å². The third-order valence-electron chi connectivity index (χ3n) is 4.02. The van der Waals surface area contributed by atoms with Crippen molar-refractivity contribution in [2.24, 2.45) is 0 Å². The van der Waals surface area contributed by atoms with Crippen LogP contribution < -0.4 is 0 Å². The maximum absolute atomic E-state index is 12.3. The Morgan fingerprint density at radius 1 is 0.870 bits per heavy atom. The topological polar surface area (TPSA) is 57.7 Å². The van der Waals surface area contributed by atoms with Gasteiger partial charge in [0.15, 0.2) is 0 Å². The van der Waals surface area contributed by atoms with Crippen molar-refractivity contribution in [1.82, 2.24) is 9.80 Å². The molecule has 5 nitrogen and oxygen atoms in total. The lowest BCUT2D eigenvalue weighted by molar-refractivity contribution is -0.143. The number of fused-ring (bicyclic) bond motifs is 1. The number of nitrogens with zero attached hydrogens (tertiary/aromatic N) is 2. The van der Waals surface area contributed by atoms with Crippen molar-refractivity contribution in [1.29, 1.82) is 0 Å². The molecular formula is C18H18N2O3. The van der Waals surface area contributed by atoms with Crippen molar-refractivity contribution in [3.8, 4) is 0 Å². The van der Waals surface area contributed by atoms with E-state index >= 15 is 0 Å². The Kier molecular flexibility index (Phi) is 4.10. The monoisotopic (exact) mass is 310 g/mol. The van der Waals surface area contributed by atoms with Crippen LogP contribution in [0.15, 0.2) is 42.5 Å². The molecule has 3 rings (SSSR count). The molecule has 1 aliphatic heterocycles. The fraction of sp³-hybridized carbons (Fsp3) is 0.278. The lowest BCUT2D eigenvalue weighted by atomic mass is 10.1. The van der Waals surface area contributed by atoms with Crippen LogP contribution in [0.1, 0.15) is 25.3 Å². The predicted molar refractivity (Wildman–Crippen MR) is 86.5 cm³/mol. The zero-order valence-corrected chi connectivity index (χ0v) is 13.0. The van der Waals surface area contributed by atoms with Gasteiger partial charge in [0.1, 0.15) is 0 Å². The third kappa shape index (κ3) is 2.82. The number of carbonyl (C=O) groups excluding carboxylic acids is 3. The highest BCUT2D eigenvalue weighted by molar-refractivity contribution is 6.44. The zero-order chi connectivity index (χ0) is 16.4. The average molecular weight is 310 g/mol.